The first-order valence-corrected chi connectivity index (χ1v) is 8.81. The van der Waals surface area contributed by atoms with Gasteiger partial charge in [0.15, 0.2) is 0 Å². The summed E-state index contributed by atoms with van der Waals surface area (Å²) in [5, 5.41) is 0. The van der Waals surface area contributed by atoms with E-state index in [2.05, 4.69) is 9.97 Å². The molecule has 6 nitrogen and oxygen atoms in total. The molecule has 0 spiro atoms. The highest BCUT2D eigenvalue weighted by Gasteiger charge is 2.27. The van der Waals surface area contributed by atoms with Crippen molar-refractivity contribution in [1.82, 2.24) is 19.8 Å². The number of hydrogen-bond acceptors (Lipinski definition) is 3. The average Bonchev–Trinajstić information content (AvgIpc) is 3.39. The van der Waals surface area contributed by atoms with Crippen LogP contribution in [0.15, 0.2) is 36.2 Å². The summed E-state index contributed by atoms with van der Waals surface area (Å²) in [4.78, 5) is 35.9. The van der Waals surface area contributed by atoms with Gasteiger partial charge in [-0.2, -0.15) is 0 Å². The van der Waals surface area contributed by atoms with Crippen molar-refractivity contribution in [1.29, 1.82) is 0 Å². The van der Waals surface area contributed by atoms with E-state index in [0.717, 1.165) is 11.0 Å². The van der Waals surface area contributed by atoms with Gasteiger partial charge >= 0.3 is 0 Å². The first-order valence-electron chi connectivity index (χ1n) is 8.81. The standard InChI is InChI=1S/C19H22N4O2/c1-13(14-2-3-14)10-18(24)22-6-8-23(9-7-22)19(25)15-4-5-16-17(11-15)21-12-20-16/h4-5,10-12,14H,2-3,6-9H2,1H3,(H,20,21)/b13-10-. The highest BCUT2D eigenvalue weighted by Crippen LogP contribution is 2.36. The number of nitrogens with zero attached hydrogens (tertiary/aromatic N) is 3. The van der Waals surface area contributed by atoms with Crippen LogP contribution in [0.4, 0.5) is 0 Å². The maximum absolute atomic E-state index is 12.7. The molecule has 1 aliphatic carbocycles. The molecule has 1 N–H and O–H groups in total. The minimum absolute atomic E-state index is 0.00769. The van der Waals surface area contributed by atoms with E-state index in [1.54, 1.807) is 12.4 Å². The molecular formula is C19H22N4O2. The molecule has 2 aromatic rings. The lowest BCUT2D eigenvalue weighted by Crippen LogP contribution is -2.50. The summed E-state index contributed by atoms with van der Waals surface area (Å²) in [7, 11) is 0. The molecule has 0 unspecified atom stereocenters. The minimum atomic E-state index is 0.00769. The van der Waals surface area contributed by atoms with E-state index in [9.17, 15) is 9.59 Å². The van der Waals surface area contributed by atoms with E-state index < -0.39 is 0 Å². The van der Waals surface area contributed by atoms with Crippen LogP contribution in [0.2, 0.25) is 0 Å². The number of carbonyl (C=O) groups excluding carboxylic acids is 2. The molecule has 2 fully saturated rings. The topological polar surface area (TPSA) is 69.3 Å². The molecule has 1 saturated carbocycles. The molecule has 1 saturated heterocycles. The first-order chi connectivity index (χ1) is 12.1. The van der Waals surface area contributed by atoms with Gasteiger partial charge in [0, 0.05) is 37.8 Å². The molecule has 2 heterocycles. The highest BCUT2D eigenvalue weighted by molar-refractivity contribution is 5.97. The molecule has 0 atom stereocenters. The van der Waals surface area contributed by atoms with Crippen LogP contribution in [-0.2, 0) is 4.79 Å². The Labute approximate surface area is 146 Å². The van der Waals surface area contributed by atoms with Crippen molar-refractivity contribution in [2.45, 2.75) is 19.8 Å². The van der Waals surface area contributed by atoms with Gasteiger partial charge < -0.3 is 14.8 Å². The molecule has 1 aromatic carbocycles. The second-order valence-corrected chi connectivity index (χ2v) is 6.91. The Morgan fingerprint density at radius 2 is 1.88 bits per heavy atom. The number of carbonyl (C=O) groups is 2. The van der Waals surface area contributed by atoms with Crippen molar-refractivity contribution in [3.05, 3.63) is 41.7 Å². The van der Waals surface area contributed by atoms with Gasteiger partial charge in [-0.15, -0.1) is 0 Å². The van der Waals surface area contributed by atoms with Gasteiger partial charge in [0.05, 0.1) is 17.4 Å². The van der Waals surface area contributed by atoms with Crippen molar-refractivity contribution in [3.8, 4) is 0 Å². The molecule has 130 valence electrons. The monoisotopic (exact) mass is 338 g/mol. The van der Waals surface area contributed by atoms with E-state index in [-0.39, 0.29) is 11.8 Å². The van der Waals surface area contributed by atoms with E-state index in [0.29, 0.717) is 37.7 Å². The summed E-state index contributed by atoms with van der Waals surface area (Å²) in [5.41, 5.74) is 3.56. The van der Waals surface area contributed by atoms with Crippen LogP contribution >= 0.6 is 0 Å². The molecule has 25 heavy (non-hydrogen) atoms. The number of piperazine rings is 1. The number of aromatic amines is 1. The Morgan fingerprint density at radius 1 is 1.16 bits per heavy atom. The van der Waals surface area contributed by atoms with E-state index in [4.69, 9.17) is 0 Å². The molecule has 6 heteroatoms. The lowest BCUT2D eigenvalue weighted by atomic mass is 10.1. The van der Waals surface area contributed by atoms with Crippen LogP contribution < -0.4 is 0 Å². The number of rotatable bonds is 3. The quantitative estimate of drug-likeness (QED) is 0.872. The third-order valence-corrected chi connectivity index (χ3v) is 5.12. The molecule has 0 radical (unpaired) electrons. The third-order valence-electron chi connectivity index (χ3n) is 5.12. The summed E-state index contributed by atoms with van der Waals surface area (Å²) in [6, 6.07) is 5.50. The smallest absolute Gasteiger partial charge is 0.254 e. The fraction of sp³-hybridized carbons (Fsp3) is 0.421. The van der Waals surface area contributed by atoms with Crippen LogP contribution in [0.3, 0.4) is 0 Å². The molecule has 1 aromatic heterocycles. The van der Waals surface area contributed by atoms with E-state index >= 15 is 0 Å². The van der Waals surface area contributed by atoms with Gasteiger partial charge in [-0.3, -0.25) is 9.59 Å². The number of fused-ring (bicyclic) bond motifs is 1. The Morgan fingerprint density at radius 3 is 2.60 bits per heavy atom. The first kappa shape index (κ1) is 15.9. The fourth-order valence-electron chi connectivity index (χ4n) is 3.32. The van der Waals surface area contributed by atoms with Crippen molar-refractivity contribution < 1.29 is 9.59 Å². The zero-order chi connectivity index (χ0) is 17.4. The zero-order valence-corrected chi connectivity index (χ0v) is 14.4. The number of benzene rings is 1. The van der Waals surface area contributed by atoms with Crippen molar-refractivity contribution in [2.24, 2.45) is 5.92 Å². The van der Waals surface area contributed by atoms with Crippen LogP contribution in [0.5, 0.6) is 0 Å². The van der Waals surface area contributed by atoms with Crippen molar-refractivity contribution >= 4 is 22.8 Å². The highest BCUT2D eigenvalue weighted by atomic mass is 16.2. The minimum Gasteiger partial charge on any atom is -0.345 e. The number of imidazole rings is 1. The normalized spacial score (nSPS) is 18.7. The molecule has 4 rings (SSSR count). The van der Waals surface area contributed by atoms with Gasteiger partial charge in [-0.25, -0.2) is 4.98 Å². The predicted octanol–water partition coefficient (Wildman–Crippen LogP) is 2.20. The summed E-state index contributed by atoms with van der Waals surface area (Å²) in [5.74, 6) is 0.702. The van der Waals surface area contributed by atoms with Gasteiger partial charge in [-0.05, 0) is 43.9 Å². The maximum Gasteiger partial charge on any atom is 0.254 e. The molecule has 2 amide bonds. The Hall–Kier alpha value is -2.63. The Balaban J connectivity index is 1.38. The van der Waals surface area contributed by atoms with Crippen LogP contribution in [-0.4, -0.2) is 57.8 Å². The Kier molecular flexibility index (Phi) is 4.03. The lowest BCUT2D eigenvalue weighted by molar-refractivity contribution is -0.127. The van der Waals surface area contributed by atoms with Gasteiger partial charge in [0.2, 0.25) is 5.91 Å². The summed E-state index contributed by atoms with van der Waals surface area (Å²) in [6.45, 7) is 4.36. The molecule has 0 bridgehead atoms. The summed E-state index contributed by atoms with van der Waals surface area (Å²) < 4.78 is 0. The predicted molar refractivity (Wildman–Crippen MR) is 95.1 cm³/mol. The van der Waals surface area contributed by atoms with Gasteiger partial charge in [-0.1, -0.05) is 5.57 Å². The summed E-state index contributed by atoms with van der Waals surface area (Å²) in [6.07, 6.45) is 5.82. The zero-order valence-electron chi connectivity index (χ0n) is 14.4. The molecule has 1 aliphatic heterocycles. The van der Waals surface area contributed by atoms with E-state index in [1.807, 2.05) is 34.9 Å². The largest absolute Gasteiger partial charge is 0.345 e. The number of H-pyrrole nitrogens is 1. The lowest BCUT2D eigenvalue weighted by Gasteiger charge is -2.34. The van der Waals surface area contributed by atoms with Gasteiger partial charge in [0.1, 0.15) is 0 Å². The number of hydrogen-bond donors (Lipinski definition) is 1. The Bertz CT molecular complexity index is 842. The van der Waals surface area contributed by atoms with Crippen LogP contribution in [0.25, 0.3) is 11.0 Å². The average molecular weight is 338 g/mol. The fourth-order valence-corrected chi connectivity index (χ4v) is 3.32. The summed E-state index contributed by atoms with van der Waals surface area (Å²) >= 11 is 0. The second kappa shape index (κ2) is 6.35. The number of allylic oxidation sites excluding steroid dienone is 1. The third kappa shape index (κ3) is 3.29. The number of aromatic nitrogens is 2. The van der Waals surface area contributed by atoms with Crippen molar-refractivity contribution in [2.75, 3.05) is 26.2 Å². The van der Waals surface area contributed by atoms with Crippen molar-refractivity contribution in [3.63, 3.8) is 0 Å². The number of amides is 2. The maximum atomic E-state index is 12.7. The van der Waals surface area contributed by atoms with Crippen LogP contribution in [0, 0.1) is 5.92 Å². The van der Waals surface area contributed by atoms with E-state index in [1.165, 1.54) is 18.4 Å². The van der Waals surface area contributed by atoms with Crippen LogP contribution in [0.1, 0.15) is 30.1 Å². The molecular weight excluding hydrogens is 316 g/mol. The molecule has 2 aliphatic rings. The van der Waals surface area contributed by atoms with Gasteiger partial charge in [0.25, 0.3) is 5.91 Å². The number of nitrogens with one attached hydrogen (secondary N) is 1. The SMILES string of the molecule is C/C(=C/C(=O)N1CCN(C(=O)c2ccc3nc[nH]c3c2)CC1)C1CC1. The second-order valence-electron chi connectivity index (χ2n) is 6.91.